The van der Waals surface area contributed by atoms with Crippen molar-refractivity contribution in [3.05, 3.63) is 52.7 Å². The van der Waals surface area contributed by atoms with E-state index in [1.807, 2.05) is 30.5 Å². The fourth-order valence-electron chi connectivity index (χ4n) is 4.64. The summed E-state index contributed by atoms with van der Waals surface area (Å²) in [5, 5.41) is 4.23. The van der Waals surface area contributed by atoms with Gasteiger partial charge in [-0.2, -0.15) is 0 Å². The van der Waals surface area contributed by atoms with Gasteiger partial charge in [0, 0.05) is 36.0 Å². The molecule has 1 spiro atoms. The minimum Gasteiger partial charge on any atom is -0.469 e. The molecule has 5 heteroatoms. The maximum Gasteiger partial charge on any atom is 0.217 e. The molecule has 3 saturated heterocycles. The molecule has 2 aromatic rings. The molecule has 0 unspecified atom stereocenters. The Kier molecular flexibility index (Phi) is 3.64. The van der Waals surface area contributed by atoms with Gasteiger partial charge in [-0.15, -0.1) is 0 Å². The van der Waals surface area contributed by atoms with Crippen LogP contribution in [-0.4, -0.2) is 35.1 Å². The zero-order chi connectivity index (χ0) is 16.9. The first-order valence-electron chi connectivity index (χ1n) is 9.09. The van der Waals surface area contributed by atoms with Crippen LogP contribution in [0.4, 0.5) is 5.69 Å². The van der Waals surface area contributed by atoms with Crippen molar-refractivity contribution in [1.29, 1.82) is 0 Å². The van der Waals surface area contributed by atoms with Crippen molar-refractivity contribution in [3.8, 4) is 5.88 Å². The van der Waals surface area contributed by atoms with E-state index in [0.29, 0.717) is 12.5 Å². The monoisotopic (exact) mass is 355 g/mol. The van der Waals surface area contributed by atoms with E-state index in [2.05, 4.69) is 21.3 Å². The van der Waals surface area contributed by atoms with E-state index in [1.54, 1.807) is 0 Å². The quantitative estimate of drug-likeness (QED) is 0.910. The van der Waals surface area contributed by atoms with Crippen LogP contribution in [-0.2, 0) is 13.0 Å². The smallest absolute Gasteiger partial charge is 0.217 e. The number of aromatic nitrogens is 1. The summed E-state index contributed by atoms with van der Waals surface area (Å²) < 4.78 is 6.40. The maximum atomic E-state index is 6.40. The van der Waals surface area contributed by atoms with Gasteiger partial charge < -0.3 is 10.1 Å². The molecule has 4 aliphatic rings. The predicted octanol–water partition coefficient (Wildman–Crippen LogP) is 3.75. The molecule has 130 valence electrons. The summed E-state index contributed by atoms with van der Waals surface area (Å²) in [4.78, 5) is 7.13. The van der Waals surface area contributed by atoms with Gasteiger partial charge in [-0.1, -0.05) is 29.8 Å². The minimum absolute atomic E-state index is 0.0345. The Morgan fingerprint density at radius 3 is 2.88 bits per heavy atom. The molecule has 3 fully saturated rings. The maximum absolute atomic E-state index is 6.40. The first-order valence-corrected chi connectivity index (χ1v) is 9.47. The van der Waals surface area contributed by atoms with Gasteiger partial charge in [0.05, 0.1) is 11.9 Å². The molecule has 0 amide bonds. The Balaban J connectivity index is 1.33. The number of nitrogens with one attached hydrogen (secondary N) is 1. The third-order valence-electron chi connectivity index (χ3n) is 5.98. The highest BCUT2D eigenvalue weighted by atomic mass is 35.5. The van der Waals surface area contributed by atoms with Crippen molar-refractivity contribution in [2.75, 3.05) is 25.0 Å². The van der Waals surface area contributed by atoms with Gasteiger partial charge in [0.25, 0.3) is 0 Å². The molecular formula is C20H22ClN3O. The number of rotatable bonds is 3. The normalized spacial score (nSPS) is 29.5. The second-order valence-corrected chi connectivity index (χ2v) is 7.93. The van der Waals surface area contributed by atoms with Crippen LogP contribution in [0.5, 0.6) is 5.88 Å². The fraction of sp³-hybridized carbons (Fsp3) is 0.450. The van der Waals surface area contributed by atoms with Crippen molar-refractivity contribution < 1.29 is 4.74 Å². The molecule has 1 N–H and O–H groups in total. The second kappa shape index (κ2) is 5.89. The molecule has 1 aromatic carbocycles. The highest BCUT2D eigenvalue weighted by Gasteiger charge is 2.52. The number of benzene rings is 1. The predicted molar refractivity (Wildman–Crippen MR) is 99.2 cm³/mol. The van der Waals surface area contributed by atoms with Crippen LogP contribution >= 0.6 is 11.6 Å². The van der Waals surface area contributed by atoms with E-state index in [0.717, 1.165) is 35.1 Å². The Hall–Kier alpha value is -1.78. The first kappa shape index (κ1) is 15.5. The summed E-state index contributed by atoms with van der Waals surface area (Å²) in [6.45, 7) is 4.20. The summed E-state index contributed by atoms with van der Waals surface area (Å²) in [6.07, 6.45) is 5.37. The molecule has 4 aliphatic heterocycles. The van der Waals surface area contributed by atoms with Gasteiger partial charge >= 0.3 is 0 Å². The summed E-state index contributed by atoms with van der Waals surface area (Å²) in [5.41, 5.74) is 3.32. The van der Waals surface area contributed by atoms with Gasteiger partial charge in [0.2, 0.25) is 5.88 Å². The van der Waals surface area contributed by atoms with Crippen molar-refractivity contribution >= 4 is 17.3 Å². The Morgan fingerprint density at radius 1 is 1.28 bits per heavy atom. The molecule has 0 aliphatic carbocycles. The van der Waals surface area contributed by atoms with Gasteiger partial charge in [0.1, 0.15) is 5.60 Å². The summed E-state index contributed by atoms with van der Waals surface area (Å²) in [7, 11) is 0. The van der Waals surface area contributed by atoms with E-state index >= 15 is 0 Å². The lowest BCUT2D eigenvalue weighted by atomic mass is 9.73. The zero-order valence-corrected chi connectivity index (χ0v) is 14.9. The minimum atomic E-state index is -0.0345. The molecule has 25 heavy (non-hydrogen) atoms. The number of halogens is 1. The SMILES string of the molecule is Clc1ccccc1CNc1cnc2c(c1)C[C@@]1(CN3CCC1CC3)O2. The number of ether oxygens (including phenoxy) is 1. The standard InChI is InChI=1S/C20H22ClN3O/c21-18-4-2-1-3-14(18)11-22-17-9-15-10-20(25-19(15)23-12-17)13-24-7-5-16(20)6-8-24/h1-4,9,12,16,22H,5-8,10-11,13H2/t20-/m0/s1. The van der Waals surface area contributed by atoms with Gasteiger partial charge in [-0.3, -0.25) is 4.90 Å². The molecule has 1 aromatic heterocycles. The lowest BCUT2D eigenvalue weighted by Gasteiger charge is -2.50. The van der Waals surface area contributed by atoms with E-state index in [4.69, 9.17) is 16.3 Å². The van der Waals surface area contributed by atoms with Crippen molar-refractivity contribution in [3.63, 3.8) is 0 Å². The number of nitrogens with zero attached hydrogens (tertiary/aromatic N) is 2. The van der Waals surface area contributed by atoms with Crippen LogP contribution in [0.25, 0.3) is 0 Å². The number of hydrogen-bond donors (Lipinski definition) is 1. The van der Waals surface area contributed by atoms with Crippen LogP contribution < -0.4 is 10.1 Å². The molecule has 0 radical (unpaired) electrons. The highest BCUT2D eigenvalue weighted by molar-refractivity contribution is 6.31. The van der Waals surface area contributed by atoms with Crippen LogP contribution in [0.15, 0.2) is 36.5 Å². The average Bonchev–Trinajstić information content (AvgIpc) is 2.98. The second-order valence-electron chi connectivity index (χ2n) is 7.53. The Labute approximate surface area is 153 Å². The van der Waals surface area contributed by atoms with Crippen LogP contribution in [0, 0.1) is 5.92 Å². The number of pyridine rings is 1. The van der Waals surface area contributed by atoms with Crippen LogP contribution in [0.2, 0.25) is 5.02 Å². The van der Waals surface area contributed by atoms with E-state index in [9.17, 15) is 0 Å². The molecule has 0 saturated carbocycles. The Morgan fingerprint density at radius 2 is 2.12 bits per heavy atom. The van der Waals surface area contributed by atoms with Crippen LogP contribution in [0.3, 0.4) is 0 Å². The third-order valence-corrected chi connectivity index (χ3v) is 6.35. The Bertz CT molecular complexity index is 803. The average molecular weight is 356 g/mol. The number of hydrogen-bond acceptors (Lipinski definition) is 4. The van der Waals surface area contributed by atoms with Gasteiger partial charge in [0.15, 0.2) is 0 Å². The largest absolute Gasteiger partial charge is 0.469 e. The number of fused-ring (bicyclic) bond motifs is 3. The lowest BCUT2D eigenvalue weighted by Crippen LogP contribution is -2.61. The topological polar surface area (TPSA) is 37.4 Å². The summed E-state index contributed by atoms with van der Waals surface area (Å²) in [5.74, 6) is 1.50. The van der Waals surface area contributed by atoms with Crippen molar-refractivity contribution in [2.45, 2.75) is 31.4 Å². The van der Waals surface area contributed by atoms with E-state index in [-0.39, 0.29) is 5.60 Å². The highest BCUT2D eigenvalue weighted by Crippen LogP contribution is 2.46. The number of piperidine rings is 3. The van der Waals surface area contributed by atoms with Gasteiger partial charge in [-0.25, -0.2) is 4.98 Å². The van der Waals surface area contributed by atoms with Crippen molar-refractivity contribution in [1.82, 2.24) is 9.88 Å². The molecule has 1 atom stereocenters. The number of anilines is 1. The lowest BCUT2D eigenvalue weighted by molar-refractivity contribution is -0.0814. The molecule has 4 nitrogen and oxygen atoms in total. The molecule has 2 bridgehead atoms. The van der Waals surface area contributed by atoms with Crippen LogP contribution in [0.1, 0.15) is 24.0 Å². The fourth-order valence-corrected chi connectivity index (χ4v) is 4.85. The molecule has 6 rings (SSSR count). The molecule has 5 heterocycles. The first-order chi connectivity index (χ1) is 12.2. The van der Waals surface area contributed by atoms with Crippen molar-refractivity contribution in [2.24, 2.45) is 5.92 Å². The summed E-state index contributed by atoms with van der Waals surface area (Å²) >= 11 is 6.24. The molecular weight excluding hydrogens is 334 g/mol. The van der Waals surface area contributed by atoms with E-state index in [1.165, 1.54) is 31.5 Å². The summed E-state index contributed by atoms with van der Waals surface area (Å²) in [6, 6.07) is 10.1. The third kappa shape index (κ3) is 2.68. The zero-order valence-electron chi connectivity index (χ0n) is 14.2. The van der Waals surface area contributed by atoms with E-state index < -0.39 is 0 Å². The van der Waals surface area contributed by atoms with Gasteiger partial charge in [-0.05, 0) is 43.6 Å².